The average molecular weight is 731 g/mol. The summed E-state index contributed by atoms with van der Waals surface area (Å²) in [5.74, 6) is 0.688. The van der Waals surface area contributed by atoms with Gasteiger partial charge in [0.2, 0.25) is 0 Å². The van der Waals surface area contributed by atoms with E-state index in [2.05, 4.69) is 28.9 Å². The van der Waals surface area contributed by atoms with E-state index < -0.39 is 0 Å². The lowest BCUT2D eigenvalue weighted by Gasteiger charge is -2.35. The van der Waals surface area contributed by atoms with E-state index in [0.717, 1.165) is 55.1 Å². The molecular formula is C42H43ClN6O4. The van der Waals surface area contributed by atoms with Gasteiger partial charge in [-0.15, -0.1) is 0 Å². The Balaban J connectivity index is 1.25. The lowest BCUT2D eigenvalue weighted by atomic mass is 9.93. The SMILES string of the molecule is C[C@@H]1Cc2ccccc2CN1C(=O)c1ccc(Cl)cc1-c1cc(C(=O)N(c2ccc(O)cc2)c2cnc3c(c2)CCN3C)c(CN2CCOCC2)n1C. The Labute approximate surface area is 314 Å². The number of phenols is 1. The van der Waals surface area contributed by atoms with Gasteiger partial charge in [-0.05, 0) is 91.1 Å². The zero-order valence-corrected chi connectivity index (χ0v) is 31.0. The Kier molecular flexibility index (Phi) is 9.44. The normalized spacial score (nSPS) is 17.1. The molecule has 272 valence electrons. The number of aromatic nitrogens is 2. The topological polar surface area (TPSA) is 94.4 Å². The van der Waals surface area contributed by atoms with Crippen molar-refractivity contribution in [3.8, 4) is 17.0 Å². The smallest absolute Gasteiger partial charge is 0.264 e. The lowest BCUT2D eigenvalue weighted by molar-refractivity contribution is 0.0332. The van der Waals surface area contributed by atoms with Crippen molar-refractivity contribution in [2.45, 2.75) is 38.9 Å². The molecule has 2 aromatic heterocycles. The molecule has 1 fully saturated rings. The molecule has 3 aliphatic heterocycles. The van der Waals surface area contributed by atoms with Gasteiger partial charge in [-0.2, -0.15) is 0 Å². The van der Waals surface area contributed by atoms with Crippen molar-refractivity contribution in [1.82, 2.24) is 19.4 Å². The minimum absolute atomic E-state index is 0.00273. The van der Waals surface area contributed by atoms with Gasteiger partial charge in [-0.1, -0.05) is 35.9 Å². The Morgan fingerprint density at radius 2 is 1.66 bits per heavy atom. The highest BCUT2D eigenvalue weighted by atomic mass is 35.5. The zero-order chi connectivity index (χ0) is 36.8. The molecule has 0 radical (unpaired) electrons. The third kappa shape index (κ3) is 6.67. The van der Waals surface area contributed by atoms with Crippen LogP contribution in [0.15, 0.2) is 85.1 Å². The number of anilines is 3. The van der Waals surface area contributed by atoms with Crippen LogP contribution in [0.5, 0.6) is 5.75 Å². The van der Waals surface area contributed by atoms with Gasteiger partial charge < -0.3 is 24.2 Å². The van der Waals surface area contributed by atoms with Crippen molar-refractivity contribution in [1.29, 1.82) is 0 Å². The second-order valence-corrected chi connectivity index (χ2v) is 14.7. The minimum atomic E-state index is -0.245. The molecule has 5 aromatic rings. The fraction of sp³-hybridized carbons (Fsp3) is 0.310. The molecule has 3 aromatic carbocycles. The molecule has 53 heavy (non-hydrogen) atoms. The maximum absolute atomic E-state index is 15.2. The number of aromatic hydroxyl groups is 1. The van der Waals surface area contributed by atoms with Crippen LogP contribution in [0.25, 0.3) is 11.3 Å². The van der Waals surface area contributed by atoms with Gasteiger partial charge >= 0.3 is 0 Å². The number of likely N-dealkylation sites (N-methyl/N-ethyl adjacent to an activating group) is 1. The van der Waals surface area contributed by atoms with Crippen LogP contribution in [0.1, 0.15) is 50.0 Å². The van der Waals surface area contributed by atoms with Crippen LogP contribution in [0.2, 0.25) is 5.02 Å². The number of amides is 2. The minimum Gasteiger partial charge on any atom is -0.508 e. The Morgan fingerprint density at radius 3 is 2.43 bits per heavy atom. The second kappa shape index (κ2) is 14.3. The molecule has 5 heterocycles. The molecule has 0 saturated carbocycles. The van der Waals surface area contributed by atoms with E-state index in [0.29, 0.717) is 65.1 Å². The van der Waals surface area contributed by atoms with Crippen molar-refractivity contribution in [2.75, 3.05) is 49.7 Å². The quantitative estimate of drug-likeness (QED) is 0.196. The Hall–Kier alpha value is -5.16. The van der Waals surface area contributed by atoms with Crippen molar-refractivity contribution in [2.24, 2.45) is 7.05 Å². The van der Waals surface area contributed by atoms with Crippen LogP contribution in [0.3, 0.4) is 0 Å². The molecule has 3 aliphatic rings. The third-order valence-electron chi connectivity index (χ3n) is 10.9. The first-order chi connectivity index (χ1) is 25.7. The fourth-order valence-electron chi connectivity index (χ4n) is 7.91. The number of phenolic OH excluding ortho intramolecular Hbond substituents is 1. The Bertz CT molecular complexity index is 2190. The Morgan fingerprint density at radius 1 is 0.906 bits per heavy atom. The maximum atomic E-state index is 15.2. The largest absolute Gasteiger partial charge is 0.508 e. The number of ether oxygens (including phenoxy) is 1. The van der Waals surface area contributed by atoms with E-state index >= 15 is 4.79 Å². The van der Waals surface area contributed by atoms with Gasteiger partial charge in [0, 0.05) is 86.1 Å². The number of pyridine rings is 1. The van der Waals surface area contributed by atoms with E-state index in [1.165, 1.54) is 5.56 Å². The number of carbonyl (C=O) groups excluding carboxylic acids is 2. The highest BCUT2D eigenvalue weighted by Gasteiger charge is 2.33. The second-order valence-electron chi connectivity index (χ2n) is 14.3. The first kappa shape index (κ1) is 34.9. The lowest BCUT2D eigenvalue weighted by Crippen LogP contribution is -2.42. The zero-order valence-electron chi connectivity index (χ0n) is 30.3. The number of morpholine rings is 1. The number of benzene rings is 3. The van der Waals surface area contributed by atoms with E-state index in [4.69, 9.17) is 21.3 Å². The number of rotatable bonds is 7. The molecule has 1 atom stereocenters. The van der Waals surface area contributed by atoms with Gasteiger partial charge in [0.1, 0.15) is 11.6 Å². The van der Waals surface area contributed by atoms with Crippen LogP contribution in [-0.2, 0) is 37.7 Å². The first-order valence-corrected chi connectivity index (χ1v) is 18.5. The van der Waals surface area contributed by atoms with Crippen molar-refractivity contribution < 1.29 is 19.4 Å². The summed E-state index contributed by atoms with van der Waals surface area (Å²) in [6, 6.07) is 24.3. The van der Waals surface area contributed by atoms with Gasteiger partial charge in [0.05, 0.1) is 30.7 Å². The number of hydrogen-bond acceptors (Lipinski definition) is 7. The van der Waals surface area contributed by atoms with Gasteiger partial charge in [0.25, 0.3) is 11.8 Å². The number of hydrogen-bond donors (Lipinski definition) is 1. The van der Waals surface area contributed by atoms with Crippen LogP contribution in [0, 0.1) is 0 Å². The molecule has 0 spiro atoms. The summed E-state index contributed by atoms with van der Waals surface area (Å²) >= 11 is 6.69. The summed E-state index contributed by atoms with van der Waals surface area (Å²) in [5.41, 5.74) is 7.93. The van der Waals surface area contributed by atoms with Crippen LogP contribution in [0.4, 0.5) is 17.2 Å². The van der Waals surface area contributed by atoms with Crippen LogP contribution >= 0.6 is 11.6 Å². The monoisotopic (exact) mass is 730 g/mol. The standard InChI is InChI=1S/C42H43ClN6O4/c1-27-20-28-6-4-5-7-30(28)25-48(27)41(51)35-13-8-31(43)22-36(35)38-23-37(39(46(38)3)26-47-16-18-53-19-17-47)42(52)49(32-9-11-34(50)12-10-32)33-21-29-14-15-45(2)40(29)44-24-33/h4-13,21-24,27,50H,14-20,25-26H2,1-3H3/t27-/m1/s1. The molecule has 0 unspecified atom stereocenters. The third-order valence-corrected chi connectivity index (χ3v) is 11.1. The van der Waals surface area contributed by atoms with Crippen LogP contribution in [-0.4, -0.2) is 82.2 Å². The van der Waals surface area contributed by atoms with Crippen molar-refractivity contribution in [3.63, 3.8) is 0 Å². The van der Waals surface area contributed by atoms with Gasteiger partial charge in [0.15, 0.2) is 0 Å². The fourth-order valence-corrected chi connectivity index (χ4v) is 8.08. The van der Waals surface area contributed by atoms with Gasteiger partial charge in [-0.25, -0.2) is 4.98 Å². The molecule has 1 saturated heterocycles. The average Bonchev–Trinajstić information content (AvgIpc) is 3.70. The first-order valence-electron chi connectivity index (χ1n) is 18.2. The summed E-state index contributed by atoms with van der Waals surface area (Å²) in [5, 5.41) is 10.7. The number of carbonyl (C=O) groups is 2. The number of halogens is 1. The highest BCUT2D eigenvalue weighted by molar-refractivity contribution is 6.31. The molecule has 10 nitrogen and oxygen atoms in total. The predicted molar refractivity (Wildman–Crippen MR) is 207 cm³/mol. The van der Waals surface area contributed by atoms with E-state index in [1.54, 1.807) is 47.5 Å². The summed E-state index contributed by atoms with van der Waals surface area (Å²) in [4.78, 5) is 42.5. The predicted octanol–water partition coefficient (Wildman–Crippen LogP) is 6.84. The summed E-state index contributed by atoms with van der Waals surface area (Å²) in [6.45, 7) is 6.64. The molecule has 8 rings (SSSR count). The van der Waals surface area contributed by atoms with E-state index in [1.807, 2.05) is 53.9 Å². The van der Waals surface area contributed by atoms with E-state index in [-0.39, 0.29) is 23.6 Å². The molecule has 11 heteroatoms. The molecule has 0 aliphatic carbocycles. The van der Waals surface area contributed by atoms with Crippen molar-refractivity contribution in [3.05, 3.63) is 124 Å². The maximum Gasteiger partial charge on any atom is 0.264 e. The van der Waals surface area contributed by atoms with E-state index in [9.17, 15) is 9.90 Å². The number of nitrogens with zero attached hydrogens (tertiary/aromatic N) is 6. The molecule has 0 bridgehead atoms. The summed E-state index contributed by atoms with van der Waals surface area (Å²) < 4.78 is 7.69. The molecule has 1 N–H and O–H groups in total. The van der Waals surface area contributed by atoms with Crippen LogP contribution < -0.4 is 9.80 Å². The molecule has 2 amide bonds. The summed E-state index contributed by atoms with van der Waals surface area (Å²) in [6.07, 6.45) is 3.34. The van der Waals surface area contributed by atoms with Crippen molar-refractivity contribution >= 4 is 40.6 Å². The van der Waals surface area contributed by atoms with Gasteiger partial charge in [-0.3, -0.25) is 19.4 Å². The summed E-state index contributed by atoms with van der Waals surface area (Å²) in [7, 11) is 3.97. The molecular weight excluding hydrogens is 688 g/mol. The number of fused-ring (bicyclic) bond motifs is 2. The highest BCUT2D eigenvalue weighted by Crippen LogP contribution is 2.38.